The van der Waals surface area contributed by atoms with Crippen molar-refractivity contribution >= 4 is 16.6 Å². The molecule has 1 nitrogen and oxygen atoms in total. The first-order chi connectivity index (χ1) is 8.75. The summed E-state index contributed by atoms with van der Waals surface area (Å²) in [6, 6.07) is 14.4. The van der Waals surface area contributed by atoms with Gasteiger partial charge in [-0.15, -0.1) is 0 Å². The van der Waals surface area contributed by atoms with Gasteiger partial charge in [0.05, 0.1) is 0 Å². The SMILES string of the molecule is [CH-]=C1CCC(c2cccc3ccccc23)C(=O)C1.[Y].[Y]. The fraction of sp³-hybridized carbons (Fsp3) is 0.235. The molecule has 0 spiro atoms. The molecule has 96 valence electrons. The molecule has 1 aliphatic carbocycles. The van der Waals surface area contributed by atoms with E-state index in [0.29, 0.717) is 6.42 Å². The van der Waals surface area contributed by atoms with Crippen LogP contribution >= 0.6 is 0 Å². The van der Waals surface area contributed by atoms with E-state index >= 15 is 0 Å². The number of benzene rings is 2. The molecule has 0 bridgehead atoms. The molecule has 2 radical (unpaired) electrons. The summed E-state index contributed by atoms with van der Waals surface area (Å²) in [6.07, 6.45) is 2.15. The van der Waals surface area contributed by atoms with Crippen molar-refractivity contribution in [3.63, 3.8) is 0 Å². The van der Waals surface area contributed by atoms with Crippen LogP contribution < -0.4 is 0 Å². The van der Waals surface area contributed by atoms with Crippen LogP contribution in [0.4, 0.5) is 0 Å². The second-order valence-electron chi connectivity index (χ2n) is 4.96. The van der Waals surface area contributed by atoms with Crippen LogP contribution in [-0.2, 0) is 70.2 Å². The first-order valence-electron chi connectivity index (χ1n) is 6.36. The molecule has 0 amide bonds. The molecule has 1 atom stereocenters. The van der Waals surface area contributed by atoms with Crippen molar-refractivity contribution in [1.29, 1.82) is 0 Å². The molecule has 0 N–H and O–H groups in total. The van der Waals surface area contributed by atoms with Crippen LogP contribution in [-0.4, -0.2) is 5.78 Å². The van der Waals surface area contributed by atoms with Crippen LogP contribution in [0.25, 0.3) is 10.8 Å². The van der Waals surface area contributed by atoms with Crippen LogP contribution in [0.5, 0.6) is 0 Å². The zero-order chi connectivity index (χ0) is 12.5. The van der Waals surface area contributed by atoms with Gasteiger partial charge in [-0.3, -0.25) is 10.4 Å². The van der Waals surface area contributed by atoms with Crippen molar-refractivity contribution in [2.45, 2.75) is 25.2 Å². The fourth-order valence-corrected chi connectivity index (χ4v) is 2.81. The zero-order valence-electron chi connectivity index (χ0n) is 11.4. The van der Waals surface area contributed by atoms with Gasteiger partial charge in [0.1, 0.15) is 5.78 Å². The molecule has 0 aromatic heterocycles. The number of rotatable bonds is 1. The Hall–Kier alpha value is 0.318. The minimum absolute atomic E-state index is 0. The summed E-state index contributed by atoms with van der Waals surface area (Å²) in [5.41, 5.74) is 1.99. The van der Waals surface area contributed by atoms with Gasteiger partial charge in [-0.25, -0.2) is 0 Å². The number of hydrogen-bond donors (Lipinski definition) is 0. The normalized spacial score (nSPS) is 18.3. The maximum absolute atomic E-state index is 12.1. The van der Waals surface area contributed by atoms with Gasteiger partial charge in [-0.05, 0) is 29.2 Å². The van der Waals surface area contributed by atoms with Crippen molar-refractivity contribution in [2.24, 2.45) is 0 Å². The molecule has 2 aromatic rings. The Bertz CT molecular complexity index is 628. The molecule has 0 heterocycles. The summed E-state index contributed by atoms with van der Waals surface area (Å²) in [5, 5.41) is 2.39. The fourth-order valence-electron chi connectivity index (χ4n) is 2.81. The van der Waals surface area contributed by atoms with Crippen molar-refractivity contribution in [3.8, 4) is 0 Å². The average Bonchev–Trinajstić information content (AvgIpc) is 2.38. The van der Waals surface area contributed by atoms with Crippen LogP contribution in [0.3, 0.4) is 0 Å². The van der Waals surface area contributed by atoms with Gasteiger partial charge < -0.3 is 6.58 Å². The summed E-state index contributed by atoms with van der Waals surface area (Å²) in [7, 11) is 0. The van der Waals surface area contributed by atoms with E-state index in [4.69, 9.17) is 6.58 Å². The van der Waals surface area contributed by atoms with Gasteiger partial charge in [-0.1, -0.05) is 48.9 Å². The summed E-state index contributed by atoms with van der Waals surface area (Å²) in [5.74, 6) is 0.276. The quantitative estimate of drug-likeness (QED) is 0.646. The third-order valence-corrected chi connectivity index (χ3v) is 3.74. The molecule has 1 unspecified atom stereocenters. The number of fused-ring (bicyclic) bond motifs is 1. The summed E-state index contributed by atoms with van der Waals surface area (Å²) >= 11 is 0. The van der Waals surface area contributed by atoms with E-state index in [1.807, 2.05) is 18.2 Å². The Morgan fingerprint density at radius 2 is 1.70 bits per heavy atom. The maximum Gasteiger partial charge on any atom is 0.141 e. The number of ketones is 1. The van der Waals surface area contributed by atoms with Crippen LogP contribution in [0.15, 0.2) is 48.0 Å². The second-order valence-corrected chi connectivity index (χ2v) is 4.96. The van der Waals surface area contributed by atoms with E-state index in [0.717, 1.165) is 24.0 Å². The van der Waals surface area contributed by atoms with Crippen LogP contribution in [0.2, 0.25) is 0 Å². The smallest absolute Gasteiger partial charge is 0.141 e. The van der Waals surface area contributed by atoms with Gasteiger partial charge in [-0.2, -0.15) is 0 Å². The average molecular weight is 413 g/mol. The standard InChI is InChI=1S/C17H15O.2Y/c1-12-9-10-16(17(18)11-12)15-8-4-6-13-5-2-3-7-14(13)15;;/h1-8,16H,9-11H2;;/q-1;;. The van der Waals surface area contributed by atoms with Crippen molar-refractivity contribution < 1.29 is 70.2 Å². The van der Waals surface area contributed by atoms with E-state index < -0.39 is 0 Å². The molecule has 3 heteroatoms. The van der Waals surface area contributed by atoms with Gasteiger partial charge >= 0.3 is 0 Å². The van der Waals surface area contributed by atoms with Gasteiger partial charge in [0.25, 0.3) is 0 Å². The minimum Gasteiger partial charge on any atom is -0.514 e. The predicted octanol–water partition coefficient (Wildman–Crippen LogP) is 4.03. The Morgan fingerprint density at radius 3 is 2.45 bits per heavy atom. The van der Waals surface area contributed by atoms with E-state index in [2.05, 4.69) is 24.3 Å². The zero-order valence-corrected chi connectivity index (χ0v) is 17.1. The molecule has 20 heavy (non-hydrogen) atoms. The first kappa shape index (κ1) is 18.4. The van der Waals surface area contributed by atoms with Crippen LogP contribution in [0, 0.1) is 6.58 Å². The van der Waals surface area contributed by atoms with Gasteiger partial charge in [0.15, 0.2) is 0 Å². The monoisotopic (exact) mass is 413 g/mol. The number of Topliss-reactive ketones (excluding diaryl/α,β-unsaturated/α-hetero) is 1. The van der Waals surface area contributed by atoms with E-state index in [-0.39, 0.29) is 77.1 Å². The largest absolute Gasteiger partial charge is 0.514 e. The Morgan fingerprint density at radius 1 is 1.00 bits per heavy atom. The first-order valence-corrected chi connectivity index (χ1v) is 6.36. The molecular weight excluding hydrogens is 398 g/mol. The summed E-state index contributed by atoms with van der Waals surface area (Å²) < 4.78 is 0. The summed E-state index contributed by atoms with van der Waals surface area (Å²) in [6.45, 7) is 5.77. The minimum atomic E-state index is 0. The molecular formula is C17H15OY2-. The number of hydrogen-bond acceptors (Lipinski definition) is 1. The molecule has 0 saturated heterocycles. The molecule has 2 aromatic carbocycles. The Labute approximate surface area is 170 Å². The third-order valence-electron chi connectivity index (χ3n) is 3.74. The molecule has 1 fully saturated rings. The van der Waals surface area contributed by atoms with Crippen molar-refractivity contribution in [2.75, 3.05) is 0 Å². The number of allylic oxidation sites excluding steroid dienone is 1. The Kier molecular flexibility index (Phi) is 7.42. The maximum atomic E-state index is 12.1. The molecule has 1 aliphatic rings. The predicted molar refractivity (Wildman–Crippen MR) is 73.4 cm³/mol. The van der Waals surface area contributed by atoms with Crippen molar-refractivity contribution in [1.82, 2.24) is 0 Å². The Balaban J connectivity index is 0.000001000. The van der Waals surface area contributed by atoms with E-state index in [1.54, 1.807) is 0 Å². The molecule has 0 aliphatic heterocycles. The van der Waals surface area contributed by atoms with E-state index in [1.165, 1.54) is 10.8 Å². The topological polar surface area (TPSA) is 17.1 Å². The molecule has 1 saturated carbocycles. The van der Waals surface area contributed by atoms with Gasteiger partial charge in [0, 0.05) is 71.3 Å². The molecule has 3 rings (SSSR count). The third kappa shape index (κ3) is 3.74. The van der Waals surface area contributed by atoms with Crippen LogP contribution in [0.1, 0.15) is 30.7 Å². The van der Waals surface area contributed by atoms with Gasteiger partial charge in [0.2, 0.25) is 0 Å². The number of carbonyl (C=O) groups is 1. The van der Waals surface area contributed by atoms with E-state index in [9.17, 15) is 4.79 Å². The number of carbonyl (C=O) groups excluding carboxylic acids is 1. The second kappa shape index (κ2) is 8.08. The summed E-state index contributed by atoms with van der Waals surface area (Å²) in [4.78, 5) is 12.1. The van der Waals surface area contributed by atoms with Crippen molar-refractivity contribution in [3.05, 3.63) is 60.2 Å².